The standard InChI is InChI=1S/C26H23F2N5O/c1-4-21-31-33-24(34-21)14-9-11-29-20(12-14)26-10-8-16(25(26,2)3)15-13-19(30-32-23(15)26)22-17(27)6-5-7-18(22)28/h5-7,9,11-13,16H,4,8,10H2,1-3H3/t16-,26-/m0/s1. The summed E-state index contributed by atoms with van der Waals surface area (Å²) in [6.45, 7) is 6.39. The molecule has 34 heavy (non-hydrogen) atoms. The van der Waals surface area contributed by atoms with Crippen molar-refractivity contribution in [3.05, 3.63) is 77.1 Å². The first-order chi connectivity index (χ1) is 16.4. The molecule has 3 aromatic heterocycles. The maximum atomic E-state index is 14.5. The number of hydrogen-bond acceptors (Lipinski definition) is 6. The van der Waals surface area contributed by atoms with E-state index in [0.29, 0.717) is 18.2 Å². The van der Waals surface area contributed by atoms with E-state index in [2.05, 4.69) is 34.2 Å². The van der Waals surface area contributed by atoms with Gasteiger partial charge in [0.1, 0.15) is 11.6 Å². The first kappa shape index (κ1) is 21.0. The van der Waals surface area contributed by atoms with Crippen LogP contribution in [0.4, 0.5) is 8.78 Å². The lowest BCUT2D eigenvalue weighted by Crippen LogP contribution is -2.37. The van der Waals surface area contributed by atoms with E-state index in [1.165, 1.54) is 18.2 Å². The minimum Gasteiger partial charge on any atom is -0.421 e. The summed E-state index contributed by atoms with van der Waals surface area (Å²) >= 11 is 0. The van der Waals surface area contributed by atoms with Crippen molar-refractivity contribution in [2.75, 3.05) is 0 Å². The molecule has 2 atom stereocenters. The quantitative estimate of drug-likeness (QED) is 0.393. The number of halogens is 2. The van der Waals surface area contributed by atoms with Gasteiger partial charge in [0.05, 0.1) is 28.1 Å². The summed E-state index contributed by atoms with van der Waals surface area (Å²) in [5.41, 5.74) is 2.87. The monoisotopic (exact) mass is 459 g/mol. The number of fused-ring (bicyclic) bond motifs is 5. The molecule has 1 fully saturated rings. The molecule has 6 nitrogen and oxygen atoms in total. The van der Waals surface area contributed by atoms with Gasteiger partial charge in [-0.15, -0.1) is 15.3 Å². The van der Waals surface area contributed by atoms with Gasteiger partial charge in [-0.2, -0.15) is 5.10 Å². The topological polar surface area (TPSA) is 77.6 Å². The van der Waals surface area contributed by atoms with Gasteiger partial charge in [0.25, 0.3) is 0 Å². The fourth-order valence-corrected chi connectivity index (χ4v) is 6.07. The molecule has 8 heteroatoms. The van der Waals surface area contributed by atoms with Crippen LogP contribution in [0.5, 0.6) is 0 Å². The van der Waals surface area contributed by atoms with Crippen LogP contribution in [-0.2, 0) is 11.8 Å². The number of aryl methyl sites for hydroxylation is 1. The Balaban J connectivity index is 1.51. The summed E-state index contributed by atoms with van der Waals surface area (Å²) in [5, 5.41) is 17.1. The summed E-state index contributed by atoms with van der Waals surface area (Å²) in [7, 11) is 0. The van der Waals surface area contributed by atoms with Crippen molar-refractivity contribution in [2.45, 2.75) is 51.4 Å². The lowest BCUT2D eigenvalue weighted by atomic mass is 9.66. The van der Waals surface area contributed by atoms with Gasteiger partial charge in [-0.25, -0.2) is 8.78 Å². The average Bonchev–Trinajstić information content (AvgIpc) is 3.47. The highest BCUT2D eigenvalue weighted by Crippen LogP contribution is 2.69. The van der Waals surface area contributed by atoms with E-state index in [1.807, 2.05) is 25.1 Å². The van der Waals surface area contributed by atoms with Crippen LogP contribution < -0.4 is 0 Å². The van der Waals surface area contributed by atoms with Crippen molar-refractivity contribution in [3.63, 3.8) is 0 Å². The molecule has 0 radical (unpaired) electrons. The second-order valence-electron chi connectivity index (χ2n) is 9.63. The molecule has 2 aliphatic rings. The first-order valence-corrected chi connectivity index (χ1v) is 11.5. The van der Waals surface area contributed by atoms with E-state index in [9.17, 15) is 8.78 Å². The van der Waals surface area contributed by atoms with Gasteiger partial charge in [0.2, 0.25) is 11.8 Å². The normalized spacial score (nSPS) is 22.2. The van der Waals surface area contributed by atoms with Crippen LogP contribution in [0.2, 0.25) is 0 Å². The van der Waals surface area contributed by atoms with Crippen LogP contribution in [0.3, 0.4) is 0 Å². The second-order valence-corrected chi connectivity index (χ2v) is 9.63. The highest BCUT2D eigenvalue weighted by atomic mass is 19.1. The third-order valence-electron chi connectivity index (χ3n) is 7.81. The Morgan fingerprint density at radius 3 is 2.56 bits per heavy atom. The maximum absolute atomic E-state index is 14.5. The average molecular weight is 460 g/mol. The minimum absolute atomic E-state index is 0.143. The number of aromatic nitrogens is 5. The molecule has 4 aromatic rings. The Kier molecular flexibility index (Phi) is 4.46. The molecule has 0 aliphatic heterocycles. The highest BCUT2D eigenvalue weighted by Gasteiger charge is 2.65. The third-order valence-corrected chi connectivity index (χ3v) is 7.81. The summed E-state index contributed by atoms with van der Waals surface area (Å²) < 4.78 is 34.7. The molecule has 6 rings (SSSR count). The molecule has 2 bridgehead atoms. The van der Waals surface area contributed by atoms with Crippen molar-refractivity contribution in [2.24, 2.45) is 5.41 Å². The Morgan fingerprint density at radius 2 is 1.82 bits per heavy atom. The molecule has 0 unspecified atom stereocenters. The molecule has 0 N–H and O–H groups in total. The van der Waals surface area contributed by atoms with Gasteiger partial charge in [-0.3, -0.25) is 4.98 Å². The van der Waals surface area contributed by atoms with Crippen LogP contribution in [0, 0.1) is 17.0 Å². The Hall–Kier alpha value is -3.55. The Labute approximate surface area is 195 Å². The molecule has 0 amide bonds. The molecule has 172 valence electrons. The van der Waals surface area contributed by atoms with Crippen molar-refractivity contribution in [1.82, 2.24) is 25.4 Å². The minimum atomic E-state index is -0.647. The van der Waals surface area contributed by atoms with Crippen LogP contribution in [-0.4, -0.2) is 25.4 Å². The van der Waals surface area contributed by atoms with E-state index in [4.69, 9.17) is 9.40 Å². The number of pyridine rings is 1. The number of nitrogens with zero attached hydrogens (tertiary/aromatic N) is 5. The fraction of sp³-hybridized carbons (Fsp3) is 0.346. The fourth-order valence-electron chi connectivity index (χ4n) is 6.07. The molecule has 0 spiro atoms. The zero-order chi connectivity index (χ0) is 23.7. The van der Waals surface area contributed by atoms with Gasteiger partial charge >= 0.3 is 0 Å². The largest absolute Gasteiger partial charge is 0.421 e. The zero-order valence-electron chi connectivity index (χ0n) is 19.1. The van der Waals surface area contributed by atoms with Crippen molar-refractivity contribution in [1.29, 1.82) is 0 Å². The van der Waals surface area contributed by atoms with E-state index < -0.39 is 17.0 Å². The second kappa shape index (κ2) is 7.22. The maximum Gasteiger partial charge on any atom is 0.247 e. The molecule has 1 saturated carbocycles. The summed E-state index contributed by atoms with van der Waals surface area (Å²) in [4.78, 5) is 4.77. The molecule has 1 aromatic carbocycles. The van der Waals surface area contributed by atoms with Crippen molar-refractivity contribution < 1.29 is 13.2 Å². The Morgan fingerprint density at radius 1 is 1.03 bits per heavy atom. The van der Waals surface area contributed by atoms with Gasteiger partial charge in [-0.1, -0.05) is 26.8 Å². The number of benzene rings is 1. The van der Waals surface area contributed by atoms with Crippen molar-refractivity contribution in [3.8, 4) is 22.7 Å². The summed E-state index contributed by atoms with van der Waals surface area (Å²) in [5.74, 6) is -0.0812. The predicted molar refractivity (Wildman–Crippen MR) is 121 cm³/mol. The number of hydrogen-bond donors (Lipinski definition) is 0. The molecular weight excluding hydrogens is 436 g/mol. The molecular formula is C26H23F2N5O. The Bertz CT molecular complexity index is 1410. The molecule has 3 heterocycles. The van der Waals surface area contributed by atoms with Gasteiger partial charge in [0.15, 0.2) is 0 Å². The summed E-state index contributed by atoms with van der Waals surface area (Å²) in [6, 6.07) is 9.49. The first-order valence-electron chi connectivity index (χ1n) is 11.5. The van der Waals surface area contributed by atoms with E-state index in [-0.39, 0.29) is 22.6 Å². The van der Waals surface area contributed by atoms with Gasteiger partial charge < -0.3 is 4.42 Å². The van der Waals surface area contributed by atoms with E-state index >= 15 is 0 Å². The summed E-state index contributed by atoms with van der Waals surface area (Å²) in [6.07, 6.45) is 4.21. The molecule has 2 aliphatic carbocycles. The van der Waals surface area contributed by atoms with E-state index in [1.54, 1.807) is 6.20 Å². The van der Waals surface area contributed by atoms with Crippen LogP contribution in [0.25, 0.3) is 22.7 Å². The van der Waals surface area contributed by atoms with Crippen LogP contribution in [0.1, 0.15) is 62.4 Å². The van der Waals surface area contributed by atoms with Crippen LogP contribution in [0.15, 0.2) is 47.0 Å². The number of rotatable bonds is 4. The van der Waals surface area contributed by atoms with Gasteiger partial charge in [0, 0.05) is 18.2 Å². The lowest BCUT2D eigenvalue weighted by Gasteiger charge is -2.37. The molecule has 0 saturated heterocycles. The highest BCUT2D eigenvalue weighted by molar-refractivity contribution is 5.64. The SMILES string of the molecule is CCc1nnc(-c2ccnc([C@@]34CC[C@@H](c5cc(-c6c(F)cccc6F)nnc53)C4(C)C)c2)o1. The lowest BCUT2D eigenvalue weighted by molar-refractivity contribution is 0.243. The van der Waals surface area contributed by atoms with E-state index in [0.717, 1.165) is 35.4 Å². The van der Waals surface area contributed by atoms with Crippen molar-refractivity contribution >= 4 is 0 Å². The van der Waals surface area contributed by atoms with Gasteiger partial charge in [-0.05, 0) is 60.1 Å². The smallest absolute Gasteiger partial charge is 0.247 e. The zero-order valence-corrected chi connectivity index (χ0v) is 19.1. The van der Waals surface area contributed by atoms with Crippen LogP contribution >= 0.6 is 0 Å². The predicted octanol–water partition coefficient (Wildman–Crippen LogP) is 5.63. The third kappa shape index (κ3) is 2.68.